The van der Waals surface area contributed by atoms with E-state index in [-0.39, 0.29) is 13.2 Å². The fourth-order valence-corrected chi connectivity index (χ4v) is 2.16. The van der Waals surface area contributed by atoms with E-state index < -0.39 is 30.8 Å². The third-order valence-electron chi connectivity index (χ3n) is 3.49. The van der Waals surface area contributed by atoms with Crippen LogP contribution in [-0.4, -0.2) is 47.5 Å². The topological polar surface area (TPSA) is 61.8 Å². The Kier molecular flexibility index (Phi) is 4.71. The highest BCUT2D eigenvalue weighted by molar-refractivity contribution is 5.89. The first kappa shape index (κ1) is 17.0. The van der Waals surface area contributed by atoms with Crippen LogP contribution in [0.5, 0.6) is 5.75 Å². The number of halogens is 3. The number of hydrogen-bond acceptors (Lipinski definition) is 3. The molecule has 124 valence electrons. The number of benzene rings is 1. The van der Waals surface area contributed by atoms with Gasteiger partial charge in [0.05, 0.1) is 6.54 Å². The summed E-state index contributed by atoms with van der Waals surface area (Å²) in [7, 11) is 0. The number of hydrogen-bond donors (Lipinski definition) is 2. The standard InChI is InChI=1S/C15H15F3N2O3/c1-2-9-23-12-5-3-11(4-6-12)19-13(21)20-8-7-14(22,10-20)15(16,17)18/h1,3-6,22H,7-10H2,(H,19,21). The van der Waals surface area contributed by atoms with Crippen LogP contribution in [0.25, 0.3) is 0 Å². The number of urea groups is 1. The van der Waals surface area contributed by atoms with Crippen molar-refractivity contribution >= 4 is 11.7 Å². The summed E-state index contributed by atoms with van der Waals surface area (Å²) in [5.41, 5.74) is -2.46. The van der Waals surface area contributed by atoms with Crippen molar-refractivity contribution in [2.75, 3.05) is 25.0 Å². The SMILES string of the molecule is C#CCOc1ccc(NC(=O)N2CCC(O)(C(F)(F)F)C2)cc1. The minimum atomic E-state index is -4.77. The third kappa shape index (κ3) is 3.87. The lowest BCUT2D eigenvalue weighted by atomic mass is 10.0. The molecular formula is C15H15F3N2O3. The van der Waals surface area contributed by atoms with E-state index in [0.29, 0.717) is 11.4 Å². The maximum Gasteiger partial charge on any atom is 0.419 e. The number of β-amino-alcohol motifs (C(OH)–C–C–N with tert-alkyl or cyclic N) is 1. The molecule has 1 aliphatic rings. The Labute approximate surface area is 131 Å². The first-order valence-corrected chi connectivity index (χ1v) is 6.76. The number of nitrogens with one attached hydrogen (secondary N) is 1. The summed E-state index contributed by atoms with van der Waals surface area (Å²) in [6.07, 6.45) is -0.248. The molecule has 1 unspecified atom stereocenters. The lowest BCUT2D eigenvalue weighted by Gasteiger charge is -2.25. The second-order valence-electron chi connectivity index (χ2n) is 5.15. The number of carbonyl (C=O) groups is 1. The van der Waals surface area contributed by atoms with Crippen LogP contribution in [0.4, 0.5) is 23.7 Å². The molecule has 0 bridgehead atoms. The summed E-state index contributed by atoms with van der Waals surface area (Å²) in [5.74, 6) is 2.81. The van der Waals surface area contributed by atoms with Gasteiger partial charge in [0.1, 0.15) is 12.4 Å². The molecule has 2 N–H and O–H groups in total. The maximum atomic E-state index is 12.7. The zero-order valence-electron chi connectivity index (χ0n) is 12.1. The van der Waals surface area contributed by atoms with E-state index in [9.17, 15) is 23.1 Å². The van der Waals surface area contributed by atoms with E-state index in [0.717, 1.165) is 4.90 Å². The lowest BCUT2D eigenvalue weighted by Crippen LogP contribution is -2.48. The molecule has 5 nitrogen and oxygen atoms in total. The normalized spacial score (nSPS) is 20.9. The number of nitrogens with zero attached hydrogens (tertiary/aromatic N) is 1. The third-order valence-corrected chi connectivity index (χ3v) is 3.49. The summed E-state index contributed by atoms with van der Waals surface area (Å²) in [6.45, 7) is -0.855. The van der Waals surface area contributed by atoms with Crippen LogP contribution in [0, 0.1) is 12.3 Å². The minimum absolute atomic E-state index is 0.107. The van der Waals surface area contributed by atoms with Gasteiger partial charge >= 0.3 is 12.2 Å². The molecule has 0 aromatic heterocycles. The Morgan fingerprint density at radius 2 is 2.09 bits per heavy atom. The number of terminal acetylenes is 1. The van der Waals surface area contributed by atoms with Crippen molar-refractivity contribution in [3.63, 3.8) is 0 Å². The van der Waals surface area contributed by atoms with Gasteiger partial charge in [-0.2, -0.15) is 13.2 Å². The Morgan fingerprint density at radius 3 is 2.61 bits per heavy atom. The van der Waals surface area contributed by atoms with Crippen molar-refractivity contribution in [3.8, 4) is 18.1 Å². The van der Waals surface area contributed by atoms with Crippen LogP contribution in [-0.2, 0) is 0 Å². The highest BCUT2D eigenvalue weighted by atomic mass is 19.4. The fourth-order valence-electron chi connectivity index (χ4n) is 2.16. The van der Waals surface area contributed by atoms with Gasteiger partial charge in [0, 0.05) is 18.7 Å². The molecule has 2 rings (SSSR count). The molecular weight excluding hydrogens is 313 g/mol. The van der Waals surface area contributed by atoms with Crippen molar-refractivity contribution in [3.05, 3.63) is 24.3 Å². The molecule has 1 aromatic rings. The van der Waals surface area contributed by atoms with Gasteiger partial charge in [-0.3, -0.25) is 0 Å². The van der Waals surface area contributed by atoms with Gasteiger partial charge in [0.15, 0.2) is 5.60 Å². The van der Waals surface area contributed by atoms with Crippen molar-refractivity contribution in [1.29, 1.82) is 0 Å². The molecule has 23 heavy (non-hydrogen) atoms. The van der Waals surface area contributed by atoms with Crippen LogP contribution >= 0.6 is 0 Å². The van der Waals surface area contributed by atoms with E-state index in [2.05, 4.69) is 11.2 Å². The quantitative estimate of drug-likeness (QED) is 0.837. The second kappa shape index (κ2) is 6.38. The predicted octanol–water partition coefficient (Wildman–Crippen LogP) is 2.23. The number of amides is 2. The summed E-state index contributed by atoms with van der Waals surface area (Å²) in [5, 5.41) is 12.0. The van der Waals surface area contributed by atoms with E-state index in [1.165, 1.54) is 12.1 Å². The highest BCUT2D eigenvalue weighted by Crippen LogP contribution is 2.37. The lowest BCUT2D eigenvalue weighted by molar-refractivity contribution is -0.253. The Morgan fingerprint density at radius 1 is 1.43 bits per heavy atom. The second-order valence-corrected chi connectivity index (χ2v) is 5.15. The summed E-state index contributed by atoms with van der Waals surface area (Å²) in [6, 6.07) is 5.51. The average Bonchev–Trinajstić information content (AvgIpc) is 2.90. The maximum absolute atomic E-state index is 12.7. The summed E-state index contributed by atoms with van der Waals surface area (Å²) < 4.78 is 43.3. The van der Waals surface area contributed by atoms with E-state index in [4.69, 9.17) is 11.2 Å². The van der Waals surface area contributed by atoms with E-state index in [1.54, 1.807) is 12.1 Å². The number of rotatable bonds is 3. The van der Waals surface area contributed by atoms with Crippen LogP contribution in [0.15, 0.2) is 24.3 Å². The van der Waals surface area contributed by atoms with Crippen LogP contribution < -0.4 is 10.1 Å². The smallest absolute Gasteiger partial charge is 0.419 e. The molecule has 1 saturated heterocycles. The van der Waals surface area contributed by atoms with Gasteiger partial charge in [-0.25, -0.2) is 4.79 Å². The van der Waals surface area contributed by atoms with Crippen molar-refractivity contribution in [2.45, 2.75) is 18.2 Å². The van der Waals surface area contributed by atoms with Gasteiger partial charge in [0.25, 0.3) is 0 Å². The number of alkyl halides is 3. The first-order valence-electron chi connectivity index (χ1n) is 6.76. The largest absolute Gasteiger partial charge is 0.481 e. The molecule has 1 atom stereocenters. The van der Waals surface area contributed by atoms with E-state index >= 15 is 0 Å². The zero-order valence-corrected chi connectivity index (χ0v) is 12.1. The molecule has 1 fully saturated rings. The number of ether oxygens (including phenoxy) is 1. The number of carbonyl (C=O) groups excluding carboxylic acids is 1. The van der Waals surface area contributed by atoms with Gasteiger partial charge < -0.3 is 20.1 Å². The summed E-state index contributed by atoms with van der Waals surface area (Å²) in [4.78, 5) is 12.9. The minimum Gasteiger partial charge on any atom is -0.481 e. The van der Waals surface area contributed by atoms with Crippen molar-refractivity contribution in [2.24, 2.45) is 0 Å². The fraction of sp³-hybridized carbons (Fsp3) is 0.400. The van der Waals surface area contributed by atoms with Crippen LogP contribution in [0.1, 0.15) is 6.42 Å². The average molecular weight is 328 g/mol. The van der Waals surface area contributed by atoms with Gasteiger partial charge in [-0.15, -0.1) is 6.42 Å². The van der Waals surface area contributed by atoms with Gasteiger partial charge in [0.2, 0.25) is 0 Å². The van der Waals surface area contributed by atoms with Crippen molar-refractivity contribution < 1.29 is 27.8 Å². The Balaban J connectivity index is 1.94. The molecule has 0 radical (unpaired) electrons. The van der Waals surface area contributed by atoms with E-state index in [1.807, 2.05) is 0 Å². The van der Waals surface area contributed by atoms with Gasteiger partial charge in [-0.1, -0.05) is 5.92 Å². The number of aliphatic hydroxyl groups is 1. The number of likely N-dealkylation sites (tertiary alicyclic amines) is 1. The van der Waals surface area contributed by atoms with Gasteiger partial charge in [-0.05, 0) is 24.3 Å². The molecule has 2 amide bonds. The zero-order chi connectivity index (χ0) is 17.1. The molecule has 0 aliphatic carbocycles. The van der Waals surface area contributed by atoms with Crippen molar-refractivity contribution in [1.82, 2.24) is 4.90 Å². The predicted molar refractivity (Wildman–Crippen MR) is 77.0 cm³/mol. The molecule has 0 saturated carbocycles. The Bertz CT molecular complexity index is 610. The Hall–Kier alpha value is -2.40. The molecule has 0 spiro atoms. The first-order chi connectivity index (χ1) is 10.7. The number of anilines is 1. The monoisotopic (exact) mass is 328 g/mol. The highest BCUT2D eigenvalue weighted by Gasteiger charge is 2.57. The molecule has 1 heterocycles. The summed E-state index contributed by atoms with van der Waals surface area (Å²) >= 11 is 0. The van der Waals surface area contributed by atoms with Crippen LogP contribution in [0.2, 0.25) is 0 Å². The molecule has 1 aliphatic heterocycles. The molecule has 8 heteroatoms. The molecule has 1 aromatic carbocycles. The van der Waals surface area contributed by atoms with Crippen LogP contribution in [0.3, 0.4) is 0 Å².